The molecule has 0 aliphatic carbocycles. The lowest BCUT2D eigenvalue weighted by Crippen LogP contribution is -2.11. The average Bonchev–Trinajstić information content (AvgIpc) is 2.95. The number of benzene rings is 1. The Hall–Kier alpha value is -1.94. The summed E-state index contributed by atoms with van der Waals surface area (Å²) in [5.41, 5.74) is 8.60. The molecule has 0 amide bonds. The third-order valence-electron chi connectivity index (χ3n) is 3.81. The minimum atomic E-state index is 0.172. The molecular formula is C17H23N3O. The molecule has 0 bridgehead atoms. The number of rotatable bonds is 7. The lowest BCUT2D eigenvalue weighted by molar-refractivity contribution is -0.117. The van der Waals surface area contributed by atoms with Gasteiger partial charge in [0.2, 0.25) is 0 Å². The number of hydrogen-bond donors (Lipinski definition) is 1. The first-order chi connectivity index (χ1) is 10.1. The fourth-order valence-electron chi connectivity index (χ4n) is 2.31. The number of carbonyl (C=O) groups excluding carboxylic acids is 1. The smallest absolute Gasteiger partial charge is 0.143 e. The van der Waals surface area contributed by atoms with Crippen molar-refractivity contribution >= 4 is 5.78 Å². The summed E-state index contributed by atoms with van der Waals surface area (Å²) in [5, 5.41) is 4.48. The summed E-state index contributed by atoms with van der Waals surface area (Å²) in [6, 6.07) is 10.1. The highest BCUT2D eigenvalue weighted by Gasteiger charge is 2.11. The number of nitrogens with zero attached hydrogens (tertiary/aromatic N) is 2. The minimum Gasteiger partial charge on any atom is -0.326 e. The zero-order valence-corrected chi connectivity index (χ0v) is 12.7. The predicted octanol–water partition coefficient (Wildman–Crippen LogP) is 2.67. The maximum Gasteiger partial charge on any atom is 0.143 e. The van der Waals surface area contributed by atoms with Crippen LogP contribution in [0.5, 0.6) is 0 Å². The Morgan fingerprint density at radius 1 is 1.24 bits per heavy atom. The van der Waals surface area contributed by atoms with E-state index >= 15 is 0 Å². The van der Waals surface area contributed by atoms with Crippen LogP contribution in [0.3, 0.4) is 0 Å². The molecule has 4 nitrogen and oxygen atoms in total. The maximum absolute atomic E-state index is 12.2. The molecule has 0 aliphatic heterocycles. The van der Waals surface area contributed by atoms with Gasteiger partial charge in [-0.15, -0.1) is 0 Å². The average molecular weight is 285 g/mol. The highest BCUT2D eigenvalue weighted by Crippen LogP contribution is 2.12. The normalized spacial score (nSPS) is 12.3. The van der Waals surface area contributed by atoms with Crippen LogP contribution in [-0.2, 0) is 24.2 Å². The van der Waals surface area contributed by atoms with E-state index in [0.29, 0.717) is 25.4 Å². The Morgan fingerprint density at radius 2 is 1.95 bits per heavy atom. The van der Waals surface area contributed by atoms with Crippen molar-refractivity contribution in [1.29, 1.82) is 0 Å². The molecule has 1 aromatic heterocycles. The Kier molecular flexibility index (Phi) is 5.28. The molecule has 0 radical (unpaired) electrons. The van der Waals surface area contributed by atoms with E-state index in [1.807, 2.05) is 41.2 Å². The summed E-state index contributed by atoms with van der Waals surface area (Å²) < 4.78 is 1.93. The molecule has 2 aromatic rings. The van der Waals surface area contributed by atoms with Crippen molar-refractivity contribution < 1.29 is 4.79 Å². The van der Waals surface area contributed by atoms with Gasteiger partial charge in [0, 0.05) is 25.2 Å². The van der Waals surface area contributed by atoms with Gasteiger partial charge in [0.1, 0.15) is 5.78 Å². The molecule has 0 fully saturated rings. The maximum atomic E-state index is 12.2. The number of nitrogens with two attached hydrogens (primary N) is 1. The van der Waals surface area contributed by atoms with Crippen LogP contribution in [0, 0.1) is 0 Å². The quantitative estimate of drug-likeness (QED) is 0.850. The Balaban J connectivity index is 2.00. The number of aromatic nitrogens is 2. The van der Waals surface area contributed by atoms with Gasteiger partial charge in [-0.05, 0) is 30.5 Å². The fraction of sp³-hybridized carbons (Fsp3) is 0.412. The van der Waals surface area contributed by atoms with E-state index in [1.54, 1.807) is 0 Å². The van der Waals surface area contributed by atoms with Crippen molar-refractivity contribution in [3.8, 4) is 0 Å². The minimum absolute atomic E-state index is 0.172. The first-order valence-electron chi connectivity index (χ1n) is 7.46. The van der Waals surface area contributed by atoms with Crippen LogP contribution in [0.15, 0.2) is 36.5 Å². The molecule has 1 aromatic carbocycles. The highest BCUT2D eigenvalue weighted by atomic mass is 16.1. The van der Waals surface area contributed by atoms with Gasteiger partial charge in [-0.1, -0.05) is 31.2 Å². The van der Waals surface area contributed by atoms with Crippen LogP contribution in [0.4, 0.5) is 0 Å². The summed E-state index contributed by atoms with van der Waals surface area (Å²) in [4.78, 5) is 12.2. The van der Waals surface area contributed by atoms with Crippen molar-refractivity contribution in [2.24, 2.45) is 5.73 Å². The zero-order chi connectivity index (χ0) is 15.2. The van der Waals surface area contributed by atoms with Gasteiger partial charge in [-0.25, -0.2) is 0 Å². The second-order valence-electron chi connectivity index (χ2n) is 5.41. The van der Waals surface area contributed by atoms with E-state index in [1.165, 1.54) is 0 Å². The molecule has 21 heavy (non-hydrogen) atoms. The third-order valence-corrected chi connectivity index (χ3v) is 3.81. The van der Waals surface area contributed by atoms with Crippen LogP contribution in [0.25, 0.3) is 0 Å². The Labute approximate surface area is 126 Å². The summed E-state index contributed by atoms with van der Waals surface area (Å²) in [6.45, 7) is 4.71. The molecule has 0 aliphatic rings. The molecule has 0 saturated heterocycles. The Morgan fingerprint density at radius 3 is 2.62 bits per heavy atom. The van der Waals surface area contributed by atoms with Gasteiger partial charge in [-0.3, -0.25) is 9.48 Å². The van der Waals surface area contributed by atoms with E-state index in [4.69, 9.17) is 5.73 Å². The van der Waals surface area contributed by atoms with Crippen LogP contribution in [-0.4, -0.2) is 15.6 Å². The molecule has 4 heteroatoms. The van der Waals surface area contributed by atoms with Crippen molar-refractivity contribution in [2.45, 2.75) is 45.7 Å². The van der Waals surface area contributed by atoms with Gasteiger partial charge in [0.15, 0.2) is 0 Å². The second kappa shape index (κ2) is 7.18. The first kappa shape index (κ1) is 15.4. The van der Waals surface area contributed by atoms with Crippen molar-refractivity contribution in [3.63, 3.8) is 0 Å². The highest BCUT2D eigenvalue weighted by molar-refractivity contribution is 5.83. The zero-order valence-electron chi connectivity index (χ0n) is 12.7. The SMILES string of the molecule is CCC(C)n1ccc(CC(=O)Cc2ccccc2CN)n1. The molecule has 1 atom stereocenters. The fourth-order valence-corrected chi connectivity index (χ4v) is 2.31. The van der Waals surface area contributed by atoms with Gasteiger partial charge in [0.05, 0.1) is 12.1 Å². The number of ketones is 1. The molecule has 1 heterocycles. The van der Waals surface area contributed by atoms with Crippen molar-refractivity contribution in [1.82, 2.24) is 9.78 Å². The molecule has 0 spiro atoms. The molecule has 0 saturated carbocycles. The number of hydrogen-bond acceptors (Lipinski definition) is 3. The molecular weight excluding hydrogens is 262 g/mol. The number of Topliss-reactive ketones (excluding diaryl/α,β-unsaturated/α-hetero) is 1. The van der Waals surface area contributed by atoms with Crippen LogP contribution in [0.2, 0.25) is 0 Å². The van der Waals surface area contributed by atoms with Crippen molar-refractivity contribution in [2.75, 3.05) is 0 Å². The first-order valence-corrected chi connectivity index (χ1v) is 7.46. The monoisotopic (exact) mass is 285 g/mol. The molecule has 2 N–H and O–H groups in total. The van der Waals surface area contributed by atoms with E-state index in [-0.39, 0.29) is 5.78 Å². The van der Waals surface area contributed by atoms with Crippen LogP contribution in [0.1, 0.15) is 43.1 Å². The topological polar surface area (TPSA) is 60.9 Å². The standard InChI is InChI=1S/C17H23N3O/c1-3-13(2)20-9-8-16(19-20)11-17(21)10-14-6-4-5-7-15(14)12-18/h4-9,13H,3,10-12,18H2,1-2H3. The summed E-state index contributed by atoms with van der Waals surface area (Å²) in [6.07, 6.45) is 3.77. The van der Waals surface area contributed by atoms with E-state index < -0.39 is 0 Å². The largest absolute Gasteiger partial charge is 0.326 e. The second-order valence-corrected chi connectivity index (χ2v) is 5.41. The molecule has 2 rings (SSSR count). The van der Waals surface area contributed by atoms with Crippen LogP contribution < -0.4 is 5.73 Å². The van der Waals surface area contributed by atoms with Gasteiger partial charge in [0.25, 0.3) is 0 Å². The predicted molar refractivity (Wildman–Crippen MR) is 84.0 cm³/mol. The van der Waals surface area contributed by atoms with E-state index in [9.17, 15) is 4.79 Å². The van der Waals surface area contributed by atoms with E-state index in [2.05, 4.69) is 18.9 Å². The van der Waals surface area contributed by atoms with Crippen LogP contribution >= 0.6 is 0 Å². The van der Waals surface area contributed by atoms with Crippen molar-refractivity contribution in [3.05, 3.63) is 53.3 Å². The van der Waals surface area contributed by atoms with Gasteiger partial charge >= 0.3 is 0 Å². The summed E-state index contributed by atoms with van der Waals surface area (Å²) >= 11 is 0. The van der Waals surface area contributed by atoms with Gasteiger partial charge < -0.3 is 5.73 Å². The molecule has 1 unspecified atom stereocenters. The molecule has 112 valence electrons. The number of carbonyl (C=O) groups is 1. The Bertz CT molecular complexity index is 604. The van der Waals surface area contributed by atoms with E-state index in [0.717, 1.165) is 23.2 Å². The summed E-state index contributed by atoms with van der Waals surface area (Å²) in [7, 11) is 0. The lowest BCUT2D eigenvalue weighted by Gasteiger charge is -2.08. The van der Waals surface area contributed by atoms with Gasteiger partial charge in [-0.2, -0.15) is 5.10 Å². The summed E-state index contributed by atoms with van der Waals surface area (Å²) in [5.74, 6) is 0.172. The third kappa shape index (κ3) is 4.02. The lowest BCUT2D eigenvalue weighted by atomic mass is 10.0.